The first-order valence-corrected chi connectivity index (χ1v) is 8.14. The molecular weight excluding hydrogens is 368 g/mol. The average Bonchev–Trinajstić information content (AvgIpc) is 2.60. The number of allylic oxidation sites excluding steroid dienone is 1. The Kier molecular flexibility index (Phi) is 6.09. The lowest BCUT2D eigenvalue weighted by atomic mass is 9.95. The highest BCUT2D eigenvalue weighted by Gasteiger charge is 2.27. The van der Waals surface area contributed by atoms with Crippen LogP contribution in [0.2, 0.25) is 0 Å². The lowest BCUT2D eigenvalue weighted by molar-refractivity contribution is 0.0695. The van der Waals surface area contributed by atoms with Crippen LogP contribution >= 0.6 is 0 Å². The molecule has 0 spiro atoms. The van der Waals surface area contributed by atoms with Crippen molar-refractivity contribution in [3.8, 4) is 22.6 Å². The van der Waals surface area contributed by atoms with Crippen molar-refractivity contribution in [2.75, 3.05) is 19.5 Å². The van der Waals surface area contributed by atoms with E-state index in [-0.39, 0.29) is 23.5 Å². The number of rotatable bonds is 7. The Bertz CT molecular complexity index is 1020. The number of nitrogen functional groups attached to an aromatic ring is 1. The molecule has 1 heterocycles. The molecular formula is C19H20N2O7. The number of carboxylic acids is 2. The molecule has 0 radical (unpaired) electrons. The summed E-state index contributed by atoms with van der Waals surface area (Å²) in [7, 11) is 1.38. The summed E-state index contributed by atoms with van der Waals surface area (Å²) in [6.07, 6.45) is 1.86. The molecule has 0 aliphatic carbocycles. The van der Waals surface area contributed by atoms with E-state index in [1.807, 2.05) is 19.9 Å². The number of nitrogens with two attached hydrogens (primary N) is 1. The van der Waals surface area contributed by atoms with Crippen LogP contribution in [-0.2, 0) is 0 Å². The van der Waals surface area contributed by atoms with E-state index in [1.54, 1.807) is 0 Å². The van der Waals surface area contributed by atoms with Crippen molar-refractivity contribution in [1.29, 1.82) is 0 Å². The zero-order valence-corrected chi connectivity index (χ0v) is 15.5. The Morgan fingerprint density at radius 3 is 2.32 bits per heavy atom. The summed E-state index contributed by atoms with van der Waals surface area (Å²) < 4.78 is 10.9. The number of pyridine rings is 1. The Labute approximate surface area is 160 Å². The number of carbonyl (C=O) groups is 2. The molecule has 9 heteroatoms. The summed E-state index contributed by atoms with van der Waals surface area (Å²) in [6, 6.07) is 4.33. The molecule has 28 heavy (non-hydrogen) atoms. The van der Waals surface area contributed by atoms with Crippen LogP contribution in [0.25, 0.3) is 11.1 Å². The van der Waals surface area contributed by atoms with Crippen LogP contribution in [-0.4, -0.2) is 40.9 Å². The second-order valence-electron chi connectivity index (χ2n) is 6.06. The van der Waals surface area contributed by atoms with E-state index in [0.717, 1.165) is 5.57 Å². The number of carboxylic acid groups (broad SMARTS) is 2. The fraction of sp³-hybridized carbons (Fsp3) is 0.211. The predicted octanol–water partition coefficient (Wildman–Crippen LogP) is 2.37. The number of H-pyrrole nitrogens is 1. The van der Waals surface area contributed by atoms with Crippen molar-refractivity contribution in [1.82, 2.24) is 4.98 Å². The average molecular weight is 388 g/mol. The zero-order valence-electron chi connectivity index (χ0n) is 15.5. The third-order valence-corrected chi connectivity index (χ3v) is 3.86. The van der Waals surface area contributed by atoms with Crippen LogP contribution < -0.4 is 20.8 Å². The van der Waals surface area contributed by atoms with Crippen molar-refractivity contribution < 1.29 is 29.3 Å². The zero-order chi connectivity index (χ0) is 21.0. The van der Waals surface area contributed by atoms with Crippen LogP contribution in [0.3, 0.4) is 0 Å². The van der Waals surface area contributed by atoms with Gasteiger partial charge in [0.1, 0.15) is 23.6 Å². The Morgan fingerprint density at radius 1 is 1.14 bits per heavy atom. The van der Waals surface area contributed by atoms with Gasteiger partial charge in [0, 0.05) is 5.56 Å². The molecule has 0 saturated heterocycles. The lowest BCUT2D eigenvalue weighted by Gasteiger charge is -2.15. The summed E-state index contributed by atoms with van der Waals surface area (Å²) >= 11 is 0. The van der Waals surface area contributed by atoms with Gasteiger partial charge in [0.2, 0.25) is 0 Å². The van der Waals surface area contributed by atoms with Crippen molar-refractivity contribution in [2.45, 2.75) is 13.8 Å². The number of methoxy groups -OCH3 is 1. The molecule has 0 amide bonds. The molecule has 0 bridgehead atoms. The minimum atomic E-state index is -1.58. The third kappa shape index (κ3) is 4.14. The molecule has 5 N–H and O–H groups in total. The van der Waals surface area contributed by atoms with Gasteiger partial charge in [-0.1, -0.05) is 11.6 Å². The smallest absolute Gasteiger partial charge is 0.342 e. The van der Waals surface area contributed by atoms with Gasteiger partial charge in [-0.15, -0.1) is 0 Å². The van der Waals surface area contributed by atoms with Crippen LogP contribution in [0.1, 0.15) is 34.6 Å². The number of aromatic carboxylic acids is 2. The van der Waals surface area contributed by atoms with E-state index in [2.05, 4.69) is 4.98 Å². The highest BCUT2D eigenvalue weighted by atomic mass is 16.5. The van der Waals surface area contributed by atoms with E-state index in [9.17, 15) is 24.6 Å². The van der Waals surface area contributed by atoms with E-state index < -0.39 is 34.4 Å². The highest BCUT2D eigenvalue weighted by molar-refractivity contribution is 6.07. The summed E-state index contributed by atoms with van der Waals surface area (Å²) in [6.45, 7) is 4.13. The van der Waals surface area contributed by atoms with E-state index in [1.165, 1.54) is 25.3 Å². The van der Waals surface area contributed by atoms with E-state index in [0.29, 0.717) is 5.75 Å². The largest absolute Gasteiger partial charge is 0.493 e. The maximum absolute atomic E-state index is 12.1. The molecule has 2 aromatic rings. The number of hydrogen-bond acceptors (Lipinski definition) is 6. The van der Waals surface area contributed by atoms with Crippen LogP contribution in [0.15, 0.2) is 34.6 Å². The molecule has 9 nitrogen and oxygen atoms in total. The fourth-order valence-electron chi connectivity index (χ4n) is 2.58. The minimum Gasteiger partial charge on any atom is -0.493 e. The first kappa shape index (κ1) is 20.6. The third-order valence-electron chi connectivity index (χ3n) is 3.86. The molecule has 1 aromatic heterocycles. The van der Waals surface area contributed by atoms with Crippen LogP contribution in [0, 0.1) is 0 Å². The Hall–Kier alpha value is -3.75. The maximum atomic E-state index is 12.1. The molecule has 2 rings (SSSR count). The van der Waals surface area contributed by atoms with Crippen molar-refractivity contribution in [3.63, 3.8) is 0 Å². The number of ether oxygens (including phenoxy) is 2. The SMILES string of the molecule is COc1cc(-c2c(C(=O)O)c(N)[nH]c(=O)c2C(=O)O)ccc1OCC=C(C)C. The Morgan fingerprint density at radius 2 is 1.79 bits per heavy atom. The molecule has 0 saturated carbocycles. The maximum Gasteiger partial charge on any atom is 0.342 e. The van der Waals surface area contributed by atoms with Gasteiger partial charge < -0.3 is 30.4 Å². The van der Waals surface area contributed by atoms with Gasteiger partial charge in [-0.2, -0.15) is 0 Å². The summed E-state index contributed by atoms with van der Waals surface area (Å²) in [4.78, 5) is 37.4. The van der Waals surface area contributed by atoms with Gasteiger partial charge in [0.15, 0.2) is 11.5 Å². The van der Waals surface area contributed by atoms with Gasteiger partial charge in [0.25, 0.3) is 5.56 Å². The quantitative estimate of drug-likeness (QED) is 0.528. The van der Waals surface area contributed by atoms with Crippen molar-refractivity contribution in [2.24, 2.45) is 0 Å². The van der Waals surface area contributed by atoms with Crippen molar-refractivity contribution in [3.05, 3.63) is 51.3 Å². The molecule has 0 atom stereocenters. The summed E-state index contributed by atoms with van der Waals surface area (Å²) in [5.41, 5.74) is 4.27. The normalized spacial score (nSPS) is 10.2. The van der Waals surface area contributed by atoms with Gasteiger partial charge in [-0.05, 0) is 37.6 Å². The fourth-order valence-corrected chi connectivity index (χ4v) is 2.58. The number of hydrogen-bond donors (Lipinski definition) is 4. The van der Waals surface area contributed by atoms with Gasteiger partial charge >= 0.3 is 11.9 Å². The first-order chi connectivity index (χ1) is 13.2. The molecule has 148 valence electrons. The van der Waals surface area contributed by atoms with E-state index >= 15 is 0 Å². The molecule has 1 aromatic carbocycles. The summed E-state index contributed by atoms with van der Waals surface area (Å²) in [5.74, 6) is -2.89. The van der Waals surface area contributed by atoms with Gasteiger partial charge in [0.05, 0.1) is 7.11 Å². The van der Waals surface area contributed by atoms with E-state index in [4.69, 9.17) is 15.2 Å². The standard InChI is InChI=1S/C19H20N2O7/c1-9(2)6-7-28-11-5-4-10(8-12(11)27-3)13-14(18(23)24)16(20)21-17(22)15(13)19(25)26/h4-6,8H,7H2,1-3H3,(H,23,24)(H,25,26)(H3,20,21,22). The second kappa shape index (κ2) is 8.30. The number of aromatic nitrogens is 1. The highest BCUT2D eigenvalue weighted by Crippen LogP contribution is 2.36. The monoisotopic (exact) mass is 388 g/mol. The van der Waals surface area contributed by atoms with Gasteiger partial charge in [-0.25, -0.2) is 9.59 Å². The lowest BCUT2D eigenvalue weighted by Crippen LogP contribution is -2.24. The molecule has 0 fully saturated rings. The molecule has 0 aliphatic heterocycles. The number of aromatic amines is 1. The number of benzene rings is 1. The Balaban J connectivity index is 2.70. The first-order valence-electron chi connectivity index (χ1n) is 8.14. The van der Waals surface area contributed by atoms with Crippen LogP contribution in [0.5, 0.6) is 11.5 Å². The predicted molar refractivity (Wildman–Crippen MR) is 102 cm³/mol. The van der Waals surface area contributed by atoms with Gasteiger partial charge in [-0.3, -0.25) is 4.79 Å². The number of nitrogens with one attached hydrogen (secondary N) is 1. The molecule has 0 unspecified atom stereocenters. The van der Waals surface area contributed by atoms with Crippen molar-refractivity contribution >= 4 is 17.8 Å². The number of anilines is 1. The summed E-state index contributed by atoms with van der Waals surface area (Å²) in [5, 5.41) is 18.9. The van der Waals surface area contributed by atoms with Crippen LogP contribution in [0.4, 0.5) is 5.82 Å². The minimum absolute atomic E-state index is 0.138. The molecule has 0 aliphatic rings. The topological polar surface area (TPSA) is 152 Å². The second-order valence-corrected chi connectivity index (χ2v) is 6.06.